The summed E-state index contributed by atoms with van der Waals surface area (Å²) in [4.78, 5) is 2.45. The van der Waals surface area contributed by atoms with Crippen molar-refractivity contribution < 1.29 is 0 Å². The molecule has 2 heteroatoms. The van der Waals surface area contributed by atoms with Gasteiger partial charge in [-0.15, -0.1) is 6.42 Å². The Morgan fingerprint density at radius 1 is 1.50 bits per heavy atom. The summed E-state index contributed by atoms with van der Waals surface area (Å²) in [5, 5.41) is 3.44. The molecular formula is C10H16N2. The number of rotatable bonds is 1. The molecule has 2 heterocycles. The molecule has 66 valence electrons. The van der Waals surface area contributed by atoms with Gasteiger partial charge >= 0.3 is 0 Å². The monoisotopic (exact) mass is 164 g/mol. The molecule has 2 rings (SSSR count). The molecule has 0 spiro atoms. The lowest BCUT2D eigenvalue weighted by Gasteiger charge is -2.35. The molecule has 0 saturated carbocycles. The number of nitrogens with zero attached hydrogens (tertiary/aromatic N) is 1. The lowest BCUT2D eigenvalue weighted by molar-refractivity contribution is 0.142. The Hall–Kier alpha value is -0.520. The highest BCUT2D eigenvalue weighted by Crippen LogP contribution is 2.25. The summed E-state index contributed by atoms with van der Waals surface area (Å²) >= 11 is 0. The molecule has 2 unspecified atom stereocenters. The standard InChI is InChI=1S/C10H16N2/c1-2-5-12-6-3-4-9-7-11-8-10(9)12/h1,9-11H,3-8H2. The molecule has 2 aliphatic rings. The average Bonchev–Trinajstić information content (AvgIpc) is 2.53. The van der Waals surface area contributed by atoms with Crippen molar-refractivity contribution in [2.45, 2.75) is 18.9 Å². The van der Waals surface area contributed by atoms with Gasteiger partial charge in [-0.2, -0.15) is 0 Å². The smallest absolute Gasteiger partial charge is 0.0601 e. The van der Waals surface area contributed by atoms with E-state index in [-0.39, 0.29) is 0 Å². The molecule has 0 aromatic carbocycles. The largest absolute Gasteiger partial charge is 0.315 e. The summed E-state index contributed by atoms with van der Waals surface area (Å²) in [6.45, 7) is 4.38. The van der Waals surface area contributed by atoms with Crippen molar-refractivity contribution in [1.82, 2.24) is 10.2 Å². The van der Waals surface area contributed by atoms with E-state index in [2.05, 4.69) is 16.1 Å². The van der Waals surface area contributed by atoms with Gasteiger partial charge in [-0.05, 0) is 31.8 Å². The van der Waals surface area contributed by atoms with Crippen LogP contribution in [0, 0.1) is 18.3 Å². The Morgan fingerprint density at radius 2 is 2.42 bits per heavy atom. The zero-order chi connectivity index (χ0) is 8.39. The van der Waals surface area contributed by atoms with Crippen LogP contribution in [0.15, 0.2) is 0 Å². The third kappa shape index (κ3) is 1.35. The lowest BCUT2D eigenvalue weighted by atomic mass is 9.92. The van der Waals surface area contributed by atoms with Crippen molar-refractivity contribution >= 4 is 0 Å². The Balaban J connectivity index is 1.99. The summed E-state index contributed by atoms with van der Waals surface area (Å²) < 4.78 is 0. The van der Waals surface area contributed by atoms with Crippen LogP contribution in [0.4, 0.5) is 0 Å². The first-order valence-corrected chi connectivity index (χ1v) is 4.80. The van der Waals surface area contributed by atoms with E-state index in [1.807, 2.05) is 0 Å². The first-order valence-electron chi connectivity index (χ1n) is 4.80. The highest BCUT2D eigenvalue weighted by atomic mass is 15.2. The highest BCUT2D eigenvalue weighted by Gasteiger charge is 2.34. The zero-order valence-corrected chi connectivity index (χ0v) is 7.42. The summed E-state index contributed by atoms with van der Waals surface area (Å²) in [7, 11) is 0. The van der Waals surface area contributed by atoms with Crippen LogP contribution in [0.5, 0.6) is 0 Å². The summed E-state index contributed by atoms with van der Waals surface area (Å²) in [5.41, 5.74) is 0. The maximum Gasteiger partial charge on any atom is 0.0601 e. The van der Waals surface area contributed by atoms with Crippen LogP contribution in [-0.2, 0) is 0 Å². The van der Waals surface area contributed by atoms with Gasteiger partial charge in [-0.25, -0.2) is 0 Å². The van der Waals surface area contributed by atoms with Gasteiger partial charge < -0.3 is 5.32 Å². The zero-order valence-electron chi connectivity index (χ0n) is 7.42. The topological polar surface area (TPSA) is 15.3 Å². The molecule has 2 saturated heterocycles. The lowest BCUT2D eigenvalue weighted by Crippen LogP contribution is -2.45. The van der Waals surface area contributed by atoms with Crippen molar-refractivity contribution in [3.63, 3.8) is 0 Å². The van der Waals surface area contributed by atoms with Crippen molar-refractivity contribution in [2.75, 3.05) is 26.2 Å². The number of hydrogen-bond donors (Lipinski definition) is 1. The SMILES string of the molecule is C#CCN1CCCC2CNCC21. The molecule has 0 aliphatic carbocycles. The Morgan fingerprint density at radius 3 is 3.25 bits per heavy atom. The van der Waals surface area contributed by atoms with Crippen LogP contribution < -0.4 is 5.32 Å². The molecule has 0 aromatic rings. The number of terminal acetylenes is 1. The molecule has 1 N–H and O–H groups in total. The Bertz CT molecular complexity index is 195. The summed E-state index contributed by atoms with van der Waals surface area (Å²) in [6, 6.07) is 0.731. The minimum Gasteiger partial charge on any atom is -0.315 e. The second kappa shape index (κ2) is 3.47. The number of nitrogens with one attached hydrogen (secondary N) is 1. The average molecular weight is 164 g/mol. The van der Waals surface area contributed by atoms with E-state index in [4.69, 9.17) is 6.42 Å². The molecular weight excluding hydrogens is 148 g/mol. The number of fused-ring (bicyclic) bond motifs is 1. The second-order valence-electron chi connectivity index (χ2n) is 3.80. The fourth-order valence-corrected chi connectivity index (χ4v) is 2.48. The van der Waals surface area contributed by atoms with Crippen LogP contribution in [0.1, 0.15) is 12.8 Å². The summed E-state index contributed by atoms with van der Waals surface area (Å²) in [6.07, 6.45) is 8.04. The third-order valence-corrected chi connectivity index (χ3v) is 3.09. The van der Waals surface area contributed by atoms with E-state index in [0.29, 0.717) is 0 Å². The van der Waals surface area contributed by atoms with E-state index in [0.717, 1.165) is 25.0 Å². The van der Waals surface area contributed by atoms with Gasteiger partial charge in [-0.1, -0.05) is 5.92 Å². The van der Waals surface area contributed by atoms with Crippen molar-refractivity contribution in [2.24, 2.45) is 5.92 Å². The number of hydrogen-bond acceptors (Lipinski definition) is 2. The van der Waals surface area contributed by atoms with E-state index >= 15 is 0 Å². The number of likely N-dealkylation sites (tertiary alicyclic amines) is 1. The predicted octanol–water partition coefficient (Wildman–Crippen LogP) is 0.303. The van der Waals surface area contributed by atoms with Crippen molar-refractivity contribution in [3.8, 4) is 12.3 Å². The molecule has 2 aliphatic heterocycles. The first-order chi connectivity index (χ1) is 5.92. The maximum absolute atomic E-state index is 5.33. The molecule has 0 radical (unpaired) electrons. The van der Waals surface area contributed by atoms with E-state index in [1.54, 1.807) is 0 Å². The van der Waals surface area contributed by atoms with Gasteiger partial charge in [0.15, 0.2) is 0 Å². The van der Waals surface area contributed by atoms with Gasteiger partial charge in [0.1, 0.15) is 0 Å². The van der Waals surface area contributed by atoms with Gasteiger partial charge in [0.2, 0.25) is 0 Å². The molecule has 2 nitrogen and oxygen atoms in total. The van der Waals surface area contributed by atoms with E-state index < -0.39 is 0 Å². The summed E-state index contributed by atoms with van der Waals surface area (Å²) in [5.74, 6) is 3.62. The van der Waals surface area contributed by atoms with E-state index in [9.17, 15) is 0 Å². The minimum absolute atomic E-state index is 0.731. The van der Waals surface area contributed by atoms with Crippen molar-refractivity contribution in [1.29, 1.82) is 0 Å². The van der Waals surface area contributed by atoms with Crippen LogP contribution in [0.25, 0.3) is 0 Å². The van der Waals surface area contributed by atoms with Crippen LogP contribution in [-0.4, -0.2) is 37.1 Å². The number of piperidine rings is 1. The van der Waals surface area contributed by atoms with Crippen LogP contribution in [0.2, 0.25) is 0 Å². The third-order valence-electron chi connectivity index (χ3n) is 3.09. The van der Waals surface area contributed by atoms with Crippen LogP contribution >= 0.6 is 0 Å². The van der Waals surface area contributed by atoms with Crippen LogP contribution in [0.3, 0.4) is 0 Å². The Labute approximate surface area is 74.3 Å². The second-order valence-corrected chi connectivity index (χ2v) is 3.80. The van der Waals surface area contributed by atoms with E-state index in [1.165, 1.54) is 25.9 Å². The normalized spacial score (nSPS) is 35.9. The Kier molecular flexibility index (Phi) is 2.34. The first kappa shape index (κ1) is 8.10. The molecule has 2 fully saturated rings. The van der Waals surface area contributed by atoms with Gasteiger partial charge in [0, 0.05) is 12.6 Å². The minimum atomic E-state index is 0.731. The quantitative estimate of drug-likeness (QED) is 0.561. The molecule has 0 amide bonds. The van der Waals surface area contributed by atoms with Gasteiger partial charge in [0.05, 0.1) is 6.54 Å². The fraction of sp³-hybridized carbons (Fsp3) is 0.800. The van der Waals surface area contributed by atoms with Gasteiger partial charge in [0.25, 0.3) is 0 Å². The fourth-order valence-electron chi connectivity index (χ4n) is 2.48. The highest BCUT2D eigenvalue weighted by molar-refractivity contribution is 4.97. The van der Waals surface area contributed by atoms with Crippen molar-refractivity contribution in [3.05, 3.63) is 0 Å². The molecule has 0 bridgehead atoms. The predicted molar refractivity (Wildman–Crippen MR) is 49.8 cm³/mol. The molecule has 12 heavy (non-hydrogen) atoms. The molecule has 0 aromatic heterocycles. The molecule has 2 atom stereocenters. The maximum atomic E-state index is 5.33. The van der Waals surface area contributed by atoms with Gasteiger partial charge in [-0.3, -0.25) is 4.90 Å².